The summed E-state index contributed by atoms with van der Waals surface area (Å²) in [5.41, 5.74) is 2.84. The van der Waals surface area contributed by atoms with Crippen LogP contribution in [0.2, 0.25) is 0 Å². The zero-order valence-electron chi connectivity index (χ0n) is 20.8. The zero-order chi connectivity index (χ0) is 27.4. The van der Waals surface area contributed by atoms with Crippen molar-refractivity contribution in [3.05, 3.63) is 71.8 Å². The first kappa shape index (κ1) is 23.7. The minimum absolute atomic E-state index is 0.0101. The highest BCUT2D eigenvalue weighted by molar-refractivity contribution is 6.12. The van der Waals surface area contributed by atoms with E-state index in [1.807, 2.05) is 0 Å². The van der Waals surface area contributed by atoms with E-state index in [9.17, 15) is 19.8 Å². The Morgan fingerprint density at radius 3 is 1.40 bits per heavy atom. The molecule has 0 unspecified atom stereocenters. The number of fused-ring (bicyclic) bond motifs is 4. The van der Waals surface area contributed by atoms with Crippen molar-refractivity contribution in [3.8, 4) is 45.5 Å². The molecule has 0 amide bonds. The maximum Gasteiger partial charge on any atom is 0.336 e. The van der Waals surface area contributed by atoms with E-state index >= 15 is 0 Å². The molecule has 2 aromatic heterocycles. The summed E-state index contributed by atoms with van der Waals surface area (Å²) >= 11 is 0. The van der Waals surface area contributed by atoms with Crippen LogP contribution in [0.1, 0.15) is 20.7 Å². The second-order valence-electron chi connectivity index (χ2n) is 9.32. The number of ether oxygens (including phenoxy) is 4. The third kappa shape index (κ3) is 3.97. The van der Waals surface area contributed by atoms with Gasteiger partial charge in [-0.25, -0.2) is 19.6 Å². The Kier molecular flexibility index (Phi) is 5.41. The highest BCUT2D eigenvalue weighted by atomic mass is 16.6. The lowest BCUT2D eigenvalue weighted by atomic mass is 9.98. The van der Waals surface area contributed by atoms with Gasteiger partial charge >= 0.3 is 11.9 Å². The number of carbonyl (C=O) groups is 2. The van der Waals surface area contributed by atoms with Crippen LogP contribution < -0.4 is 18.9 Å². The van der Waals surface area contributed by atoms with Crippen molar-refractivity contribution >= 4 is 33.7 Å². The van der Waals surface area contributed by atoms with Crippen LogP contribution in [0.5, 0.6) is 23.0 Å². The summed E-state index contributed by atoms with van der Waals surface area (Å²) in [6, 6.07) is 16.7. The highest BCUT2D eigenvalue weighted by Gasteiger charge is 2.21. The van der Waals surface area contributed by atoms with Gasteiger partial charge in [-0.1, -0.05) is 0 Å². The van der Waals surface area contributed by atoms with Crippen molar-refractivity contribution in [2.75, 3.05) is 26.4 Å². The zero-order valence-corrected chi connectivity index (χ0v) is 20.8. The van der Waals surface area contributed by atoms with Crippen LogP contribution in [-0.4, -0.2) is 58.5 Å². The van der Waals surface area contributed by atoms with Crippen LogP contribution in [0, 0.1) is 0 Å². The topological polar surface area (TPSA) is 137 Å². The van der Waals surface area contributed by atoms with Crippen molar-refractivity contribution in [1.82, 2.24) is 9.97 Å². The van der Waals surface area contributed by atoms with E-state index in [1.165, 1.54) is 18.2 Å². The Balaban J connectivity index is 1.43. The summed E-state index contributed by atoms with van der Waals surface area (Å²) in [6.45, 7) is 1.74. The number of rotatable bonds is 4. The van der Waals surface area contributed by atoms with Gasteiger partial charge in [0.2, 0.25) is 0 Å². The van der Waals surface area contributed by atoms with Gasteiger partial charge in [0.25, 0.3) is 0 Å². The van der Waals surface area contributed by atoms with Crippen molar-refractivity contribution in [1.29, 1.82) is 0 Å². The lowest BCUT2D eigenvalue weighted by molar-refractivity contribution is 0.0688. The Morgan fingerprint density at radius 1 is 0.550 bits per heavy atom. The van der Waals surface area contributed by atoms with Gasteiger partial charge in [0.1, 0.15) is 26.4 Å². The average molecular weight is 536 g/mol. The SMILES string of the molecule is O=C(O)c1cc(-c2ccc3c(c2)OCCO3)nc2cc3nc(-c4ccc5c(c4)OCCO5)cc(C(=O)O)c3cc12. The molecule has 2 aliphatic rings. The molecule has 3 aromatic carbocycles. The lowest BCUT2D eigenvalue weighted by Crippen LogP contribution is -2.15. The van der Waals surface area contributed by atoms with Gasteiger partial charge in [0.05, 0.1) is 33.5 Å². The molecule has 4 heterocycles. The van der Waals surface area contributed by atoms with Crippen molar-refractivity contribution in [3.63, 3.8) is 0 Å². The molecule has 0 aliphatic carbocycles. The molecule has 10 heteroatoms. The van der Waals surface area contributed by atoms with Crippen molar-refractivity contribution in [2.24, 2.45) is 0 Å². The molecule has 0 bridgehead atoms. The number of hydrogen-bond donors (Lipinski definition) is 2. The second-order valence-corrected chi connectivity index (χ2v) is 9.32. The van der Waals surface area contributed by atoms with Crippen LogP contribution in [0.25, 0.3) is 44.3 Å². The third-order valence-corrected chi connectivity index (χ3v) is 6.87. The number of hydrogen-bond acceptors (Lipinski definition) is 8. The number of aromatic carboxylic acids is 2. The van der Waals surface area contributed by atoms with Gasteiger partial charge in [0, 0.05) is 21.9 Å². The molecule has 2 aliphatic heterocycles. The molecule has 0 spiro atoms. The van der Waals surface area contributed by atoms with E-state index in [2.05, 4.69) is 0 Å². The first-order valence-electron chi connectivity index (χ1n) is 12.5. The van der Waals surface area contributed by atoms with Crippen molar-refractivity contribution < 1.29 is 38.7 Å². The Hall–Kier alpha value is -5.38. The summed E-state index contributed by atoms with van der Waals surface area (Å²) in [5.74, 6) is -0.00286. The normalized spacial score (nSPS) is 13.8. The van der Waals surface area contributed by atoms with Crippen molar-refractivity contribution in [2.45, 2.75) is 0 Å². The molecule has 0 atom stereocenters. The largest absolute Gasteiger partial charge is 0.486 e. The molecule has 2 N–H and O–H groups in total. The fraction of sp³-hybridized carbons (Fsp3) is 0.133. The Bertz CT molecular complexity index is 1750. The summed E-state index contributed by atoms with van der Waals surface area (Å²) in [5, 5.41) is 20.7. The van der Waals surface area contributed by atoms with Crippen LogP contribution in [0.15, 0.2) is 60.7 Å². The predicted octanol–water partition coefficient (Wildman–Crippen LogP) is 5.06. The predicted molar refractivity (Wildman–Crippen MR) is 144 cm³/mol. The minimum Gasteiger partial charge on any atom is -0.486 e. The minimum atomic E-state index is -1.16. The number of nitrogens with zero attached hydrogens (tertiary/aromatic N) is 2. The first-order valence-corrected chi connectivity index (χ1v) is 12.5. The summed E-state index contributed by atoms with van der Waals surface area (Å²) in [7, 11) is 0. The van der Waals surface area contributed by atoms with Gasteiger partial charge in [-0.2, -0.15) is 0 Å². The molecule has 40 heavy (non-hydrogen) atoms. The summed E-state index contributed by atoms with van der Waals surface area (Å²) in [4.78, 5) is 34.1. The van der Waals surface area contributed by atoms with Gasteiger partial charge in [-0.3, -0.25) is 0 Å². The number of carboxylic acid groups (broad SMARTS) is 2. The van der Waals surface area contributed by atoms with Gasteiger partial charge < -0.3 is 29.2 Å². The highest BCUT2D eigenvalue weighted by Crippen LogP contribution is 2.38. The monoisotopic (exact) mass is 536 g/mol. The Morgan fingerprint density at radius 2 is 0.975 bits per heavy atom. The Labute approximate surface area is 226 Å². The summed E-state index contributed by atoms with van der Waals surface area (Å²) in [6.07, 6.45) is 0. The lowest BCUT2D eigenvalue weighted by Gasteiger charge is -2.19. The van der Waals surface area contributed by atoms with Crippen LogP contribution in [0.4, 0.5) is 0 Å². The first-order chi connectivity index (χ1) is 19.4. The smallest absolute Gasteiger partial charge is 0.336 e. The summed E-state index contributed by atoms with van der Waals surface area (Å²) < 4.78 is 22.6. The van der Waals surface area contributed by atoms with Crippen LogP contribution in [-0.2, 0) is 0 Å². The number of benzene rings is 3. The maximum atomic E-state index is 12.3. The van der Waals surface area contributed by atoms with Gasteiger partial charge in [0.15, 0.2) is 23.0 Å². The average Bonchev–Trinajstić information content (AvgIpc) is 2.98. The standard InChI is InChI=1S/C30H20N2O8/c33-29(34)19-12-21(15-1-3-25-27(9-15)39-7-5-37-25)31-23-14-24-18(11-17(19)23)20(30(35)36)13-22(32-24)16-2-4-26-28(10-16)40-8-6-38-26/h1-4,9-14H,5-8H2,(H,33,34)(H,35,36). The molecule has 7 rings (SSSR count). The quantitative estimate of drug-likeness (QED) is 0.300. The van der Waals surface area contributed by atoms with E-state index in [-0.39, 0.29) is 11.1 Å². The molecule has 5 aromatic rings. The van der Waals surface area contributed by atoms with Gasteiger partial charge in [-0.05, 0) is 60.7 Å². The molecule has 198 valence electrons. The second kappa shape index (κ2) is 9.12. The van der Waals surface area contributed by atoms with E-state index in [1.54, 1.807) is 42.5 Å². The fourth-order valence-corrected chi connectivity index (χ4v) is 5.00. The molecule has 10 nitrogen and oxygen atoms in total. The van der Waals surface area contributed by atoms with E-state index < -0.39 is 11.9 Å². The fourth-order valence-electron chi connectivity index (χ4n) is 5.00. The molecule has 0 saturated carbocycles. The molecular weight excluding hydrogens is 516 g/mol. The van der Waals surface area contributed by atoms with Crippen LogP contribution >= 0.6 is 0 Å². The van der Waals surface area contributed by atoms with Crippen LogP contribution in [0.3, 0.4) is 0 Å². The molecule has 0 fully saturated rings. The maximum absolute atomic E-state index is 12.3. The van der Waals surface area contributed by atoms with Gasteiger partial charge in [-0.15, -0.1) is 0 Å². The molecule has 0 saturated heterocycles. The van der Waals surface area contributed by atoms with E-state index in [0.29, 0.717) is 93.7 Å². The van der Waals surface area contributed by atoms with E-state index in [0.717, 1.165) is 0 Å². The third-order valence-electron chi connectivity index (χ3n) is 6.87. The molecule has 0 radical (unpaired) electrons. The molecular formula is C30H20N2O8. The van der Waals surface area contributed by atoms with E-state index in [4.69, 9.17) is 28.9 Å². The number of aromatic nitrogens is 2. The number of pyridine rings is 2. The number of carboxylic acids is 2.